The maximum atomic E-state index is 11.6. The molecule has 0 amide bonds. The van der Waals surface area contributed by atoms with Gasteiger partial charge in [-0.15, -0.1) is 0 Å². The fourth-order valence-electron chi connectivity index (χ4n) is 2.83. The highest BCUT2D eigenvalue weighted by Crippen LogP contribution is 2.08. The van der Waals surface area contributed by atoms with Crippen LogP contribution in [0.25, 0.3) is 0 Å². The highest BCUT2D eigenvalue weighted by Gasteiger charge is 2.01. The summed E-state index contributed by atoms with van der Waals surface area (Å²) in [5, 5.41) is 6.63. The number of allylic oxidation sites excluding steroid dienone is 1. The molecule has 0 aliphatic rings. The number of ether oxygens (including phenoxy) is 1. The molecule has 26 heavy (non-hydrogen) atoms. The van der Waals surface area contributed by atoms with Crippen LogP contribution in [0.4, 0.5) is 0 Å². The van der Waals surface area contributed by atoms with Crippen LogP contribution >= 0.6 is 0 Å². The average molecular weight is 369 g/mol. The first-order valence-corrected chi connectivity index (χ1v) is 11.0. The second-order valence-electron chi connectivity index (χ2n) is 7.08. The van der Waals surface area contributed by atoms with Crippen LogP contribution in [-0.4, -0.2) is 39.3 Å². The molecule has 0 aliphatic heterocycles. The van der Waals surface area contributed by atoms with Crippen molar-refractivity contribution in [2.75, 3.05) is 33.3 Å². The standard InChI is InChI=1S/C22H44N2O2/c1-3-4-5-6-9-12-15-21-26-22(25)17-13-10-7-8-11-14-19-24-20-16-18-23-2/h12,15,23-24H,3-11,13-14,16-21H2,1-2H3/b15-12+. The van der Waals surface area contributed by atoms with Crippen LogP contribution < -0.4 is 10.6 Å². The first kappa shape index (κ1) is 25.1. The lowest BCUT2D eigenvalue weighted by molar-refractivity contribution is -0.142. The van der Waals surface area contributed by atoms with Gasteiger partial charge >= 0.3 is 5.97 Å². The van der Waals surface area contributed by atoms with Crippen molar-refractivity contribution in [3.63, 3.8) is 0 Å². The predicted octanol–water partition coefficient (Wildman–Crippen LogP) is 4.99. The minimum absolute atomic E-state index is 0.0496. The predicted molar refractivity (Wildman–Crippen MR) is 113 cm³/mol. The van der Waals surface area contributed by atoms with Gasteiger partial charge in [0.2, 0.25) is 0 Å². The van der Waals surface area contributed by atoms with Crippen molar-refractivity contribution < 1.29 is 9.53 Å². The van der Waals surface area contributed by atoms with Crippen LogP contribution in [-0.2, 0) is 9.53 Å². The summed E-state index contributed by atoms with van der Waals surface area (Å²) in [5.74, 6) is -0.0496. The van der Waals surface area contributed by atoms with Crippen LogP contribution in [0.1, 0.15) is 90.4 Å². The third-order valence-electron chi connectivity index (χ3n) is 4.50. The van der Waals surface area contributed by atoms with E-state index in [4.69, 9.17) is 4.74 Å². The molecule has 0 rings (SSSR count). The Bertz CT molecular complexity index is 319. The summed E-state index contributed by atoms with van der Waals surface area (Å²) in [4.78, 5) is 11.6. The van der Waals surface area contributed by atoms with E-state index in [9.17, 15) is 4.79 Å². The molecule has 4 heteroatoms. The van der Waals surface area contributed by atoms with Crippen molar-refractivity contribution >= 4 is 5.97 Å². The number of carbonyl (C=O) groups excluding carboxylic acids is 1. The van der Waals surface area contributed by atoms with Gasteiger partial charge in [0.15, 0.2) is 0 Å². The maximum Gasteiger partial charge on any atom is 0.306 e. The van der Waals surface area contributed by atoms with E-state index in [1.54, 1.807) is 0 Å². The van der Waals surface area contributed by atoms with Gasteiger partial charge in [-0.2, -0.15) is 0 Å². The van der Waals surface area contributed by atoms with E-state index < -0.39 is 0 Å². The minimum Gasteiger partial charge on any atom is -0.461 e. The lowest BCUT2D eigenvalue weighted by Crippen LogP contribution is -2.20. The number of nitrogens with one attached hydrogen (secondary N) is 2. The van der Waals surface area contributed by atoms with Crippen LogP contribution in [0.2, 0.25) is 0 Å². The SMILES string of the molecule is CCCCCC/C=C/COC(=O)CCCCCCCCNCCCNC. The van der Waals surface area contributed by atoms with Gasteiger partial charge in [-0.1, -0.05) is 64.0 Å². The van der Waals surface area contributed by atoms with E-state index in [1.807, 2.05) is 13.1 Å². The molecule has 0 radical (unpaired) electrons. The summed E-state index contributed by atoms with van der Waals surface area (Å²) in [7, 11) is 1.99. The van der Waals surface area contributed by atoms with E-state index in [2.05, 4.69) is 23.6 Å². The Morgan fingerprint density at radius 1 is 0.808 bits per heavy atom. The van der Waals surface area contributed by atoms with Crippen molar-refractivity contribution in [1.29, 1.82) is 0 Å². The normalized spacial score (nSPS) is 11.3. The second kappa shape index (κ2) is 22.2. The average Bonchev–Trinajstić information content (AvgIpc) is 2.65. The van der Waals surface area contributed by atoms with Crippen LogP contribution in [0.15, 0.2) is 12.2 Å². The van der Waals surface area contributed by atoms with E-state index in [1.165, 1.54) is 57.8 Å². The lowest BCUT2D eigenvalue weighted by Gasteiger charge is -2.05. The summed E-state index contributed by atoms with van der Waals surface area (Å²) in [5.41, 5.74) is 0. The fraction of sp³-hybridized carbons (Fsp3) is 0.864. The van der Waals surface area contributed by atoms with Gasteiger partial charge in [-0.05, 0) is 58.8 Å². The number of hydrogen-bond acceptors (Lipinski definition) is 4. The fourth-order valence-corrected chi connectivity index (χ4v) is 2.83. The van der Waals surface area contributed by atoms with Crippen molar-refractivity contribution in [2.24, 2.45) is 0 Å². The molecule has 4 nitrogen and oxygen atoms in total. The van der Waals surface area contributed by atoms with Crippen molar-refractivity contribution in [3.8, 4) is 0 Å². The van der Waals surface area contributed by atoms with Crippen LogP contribution in [0, 0.1) is 0 Å². The lowest BCUT2D eigenvalue weighted by atomic mass is 10.1. The van der Waals surface area contributed by atoms with E-state index >= 15 is 0 Å². The Balaban J connectivity index is 3.20. The number of carbonyl (C=O) groups is 1. The molecule has 0 fully saturated rings. The molecule has 0 aromatic heterocycles. The first-order valence-electron chi connectivity index (χ1n) is 11.0. The summed E-state index contributed by atoms with van der Waals surface area (Å²) in [6.07, 6.45) is 19.2. The third-order valence-corrected chi connectivity index (χ3v) is 4.50. The monoisotopic (exact) mass is 368 g/mol. The maximum absolute atomic E-state index is 11.6. The van der Waals surface area contributed by atoms with Crippen molar-refractivity contribution in [3.05, 3.63) is 12.2 Å². The molecule has 0 aromatic carbocycles. The Hall–Kier alpha value is -0.870. The van der Waals surface area contributed by atoms with E-state index in [-0.39, 0.29) is 5.97 Å². The van der Waals surface area contributed by atoms with Crippen molar-refractivity contribution in [2.45, 2.75) is 90.4 Å². The highest BCUT2D eigenvalue weighted by atomic mass is 16.5. The molecule has 0 atom stereocenters. The Kier molecular flexibility index (Phi) is 21.4. The molecule has 0 bridgehead atoms. The number of hydrogen-bond donors (Lipinski definition) is 2. The quantitative estimate of drug-likeness (QED) is 0.181. The van der Waals surface area contributed by atoms with E-state index in [0.29, 0.717) is 13.0 Å². The minimum atomic E-state index is -0.0496. The molecule has 154 valence electrons. The molecular formula is C22H44N2O2. The zero-order valence-electron chi connectivity index (χ0n) is 17.5. The molecule has 0 aromatic rings. The molecular weight excluding hydrogens is 324 g/mol. The second-order valence-corrected chi connectivity index (χ2v) is 7.08. The summed E-state index contributed by atoms with van der Waals surface area (Å²) in [6, 6.07) is 0. The van der Waals surface area contributed by atoms with Gasteiger partial charge in [-0.25, -0.2) is 0 Å². The Labute approximate surface area is 162 Å². The first-order chi connectivity index (χ1) is 12.8. The third kappa shape index (κ3) is 21.2. The molecule has 2 N–H and O–H groups in total. The summed E-state index contributed by atoms with van der Waals surface area (Å²) >= 11 is 0. The van der Waals surface area contributed by atoms with Gasteiger partial charge in [0.05, 0.1) is 0 Å². The van der Waals surface area contributed by atoms with Gasteiger partial charge in [-0.3, -0.25) is 4.79 Å². The highest BCUT2D eigenvalue weighted by molar-refractivity contribution is 5.69. The zero-order chi connectivity index (χ0) is 19.1. The smallest absolute Gasteiger partial charge is 0.306 e. The van der Waals surface area contributed by atoms with Gasteiger partial charge in [0.1, 0.15) is 6.61 Å². The molecule has 0 spiro atoms. The molecule has 0 saturated heterocycles. The Morgan fingerprint density at radius 3 is 2.27 bits per heavy atom. The summed E-state index contributed by atoms with van der Waals surface area (Å²) in [6.45, 7) is 5.99. The molecule has 0 unspecified atom stereocenters. The number of esters is 1. The number of rotatable bonds is 20. The van der Waals surface area contributed by atoms with Gasteiger partial charge < -0.3 is 15.4 Å². The number of unbranched alkanes of at least 4 members (excludes halogenated alkanes) is 9. The van der Waals surface area contributed by atoms with Gasteiger partial charge in [0, 0.05) is 6.42 Å². The van der Waals surface area contributed by atoms with Crippen molar-refractivity contribution in [1.82, 2.24) is 10.6 Å². The van der Waals surface area contributed by atoms with Crippen LogP contribution in [0.5, 0.6) is 0 Å². The largest absolute Gasteiger partial charge is 0.461 e. The van der Waals surface area contributed by atoms with Gasteiger partial charge in [0.25, 0.3) is 0 Å². The summed E-state index contributed by atoms with van der Waals surface area (Å²) < 4.78 is 5.23. The zero-order valence-corrected chi connectivity index (χ0v) is 17.5. The topological polar surface area (TPSA) is 50.4 Å². The van der Waals surface area contributed by atoms with Crippen LogP contribution in [0.3, 0.4) is 0 Å². The Morgan fingerprint density at radius 2 is 1.50 bits per heavy atom. The molecule has 0 saturated carbocycles. The molecule has 0 heterocycles. The van der Waals surface area contributed by atoms with E-state index in [0.717, 1.165) is 38.9 Å². The molecule has 0 aliphatic carbocycles.